The first-order chi connectivity index (χ1) is 12.4. The first-order valence-corrected chi connectivity index (χ1v) is 10.4. The molecule has 0 aromatic carbocycles. The summed E-state index contributed by atoms with van der Waals surface area (Å²) in [6.45, 7) is 2.61. The SMILES string of the molecule is Cc1nccn1-c1ccc(CNC(=O)C2CCCCN2S(C)(=O)=O)cn1. The lowest BCUT2D eigenvalue weighted by Gasteiger charge is -2.32. The smallest absolute Gasteiger partial charge is 0.238 e. The maximum Gasteiger partial charge on any atom is 0.238 e. The zero-order chi connectivity index (χ0) is 18.7. The fourth-order valence-electron chi connectivity index (χ4n) is 3.15. The Balaban J connectivity index is 1.63. The molecule has 0 aliphatic carbocycles. The summed E-state index contributed by atoms with van der Waals surface area (Å²) in [6, 6.07) is 3.12. The van der Waals surface area contributed by atoms with E-state index in [1.54, 1.807) is 12.4 Å². The number of nitrogens with zero attached hydrogens (tertiary/aromatic N) is 4. The lowest BCUT2D eigenvalue weighted by molar-refractivity contribution is -0.125. The lowest BCUT2D eigenvalue weighted by Crippen LogP contribution is -2.51. The second-order valence-electron chi connectivity index (χ2n) is 6.47. The molecule has 26 heavy (non-hydrogen) atoms. The van der Waals surface area contributed by atoms with Crippen LogP contribution in [0.25, 0.3) is 5.82 Å². The van der Waals surface area contributed by atoms with Gasteiger partial charge in [0.15, 0.2) is 0 Å². The Labute approximate surface area is 153 Å². The van der Waals surface area contributed by atoms with Gasteiger partial charge in [0.2, 0.25) is 15.9 Å². The number of carbonyl (C=O) groups is 1. The predicted octanol–water partition coefficient (Wildman–Crippen LogP) is 1.01. The van der Waals surface area contributed by atoms with Crippen LogP contribution >= 0.6 is 0 Å². The molecule has 1 atom stereocenters. The van der Waals surface area contributed by atoms with Gasteiger partial charge in [0.1, 0.15) is 17.7 Å². The number of aryl methyl sites for hydroxylation is 1. The average Bonchev–Trinajstić information content (AvgIpc) is 3.05. The Kier molecular flexibility index (Phi) is 5.38. The molecule has 140 valence electrons. The zero-order valence-corrected chi connectivity index (χ0v) is 15.7. The van der Waals surface area contributed by atoms with E-state index in [2.05, 4.69) is 15.3 Å². The molecule has 9 heteroatoms. The molecule has 1 N–H and O–H groups in total. The number of amides is 1. The summed E-state index contributed by atoms with van der Waals surface area (Å²) in [5, 5.41) is 2.83. The van der Waals surface area contributed by atoms with Gasteiger partial charge in [-0.3, -0.25) is 9.36 Å². The molecule has 2 aromatic heterocycles. The third-order valence-corrected chi connectivity index (χ3v) is 5.82. The number of imidazole rings is 1. The lowest BCUT2D eigenvalue weighted by atomic mass is 10.0. The number of piperidine rings is 1. The highest BCUT2D eigenvalue weighted by atomic mass is 32.2. The predicted molar refractivity (Wildman–Crippen MR) is 97.1 cm³/mol. The highest BCUT2D eigenvalue weighted by molar-refractivity contribution is 7.88. The molecule has 3 rings (SSSR count). The van der Waals surface area contributed by atoms with Crippen molar-refractivity contribution in [3.05, 3.63) is 42.1 Å². The Morgan fingerprint density at radius 1 is 1.31 bits per heavy atom. The van der Waals surface area contributed by atoms with Gasteiger partial charge < -0.3 is 5.32 Å². The van der Waals surface area contributed by atoms with Gasteiger partial charge in [0, 0.05) is 31.7 Å². The molecule has 8 nitrogen and oxygen atoms in total. The second kappa shape index (κ2) is 7.55. The van der Waals surface area contributed by atoms with Crippen LogP contribution in [0.4, 0.5) is 0 Å². The van der Waals surface area contributed by atoms with Crippen LogP contribution in [0, 0.1) is 6.92 Å². The first kappa shape index (κ1) is 18.5. The molecule has 1 unspecified atom stereocenters. The number of carbonyl (C=O) groups excluding carboxylic acids is 1. The second-order valence-corrected chi connectivity index (χ2v) is 8.41. The summed E-state index contributed by atoms with van der Waals surface area (Å²) in [7, 11) is -3.39. The van der Waals surface area contributed by atoms with E-state index in [4.69, 9.17) is 0 Å². The van der Waals surface area contributed by atoms with Crippen molar-refractivity contribution in [3.8, 4) is 5.82 Å². The number of nitrogens with one attached hydrogen (secondary N) is 1. The van der Waals surface area contributed by atoms with Crippen molar-refractivity contribution >= 4 is 15.9 Å². The third-order valence-electron chi connectivity index (χ3n) is 4.53. The van der Waals surface area contributed by atoms with Crippen LogP contribution in [-0.4, -0.2) is 52.0 Å². The van der Waals surface area contributed by atoms with Gasteiger partial charge >= 0.3 is 0 Å². The monoisotopic (exact) mass is 377 g/mol. The van der Waals surface area contributed by atoms with Crippen molar-refractivity contribution in [1.82, 2.24) is 24.2 Å². The summed E-state index contributed by atoms with van der Waals surface area (Å²) in [5.74, 6) is 1.34. The Morgan fingerprint density at radius 2 is 2.12 bits per heavy atom. The van der Waals surface area contributed by atoms with Gasteiger partial charge in [0.05, 0.1) is 6.26 Å². The van der Waals surface area contributed by atoms with E-state index in [9.17, 15) is 13.2 Å². The Hall–Kier alpha value is -2.26. The van der Waals surface area contributed by atoms with Crippen molar-refractivity contribution in [2.24, 2.45) is 0 Å². The van der Waals surface area contributed by atoms with Crippen LogP contribution < -0.4 is 5.32 Å². The van der Waals surface area contributed by atoms with Gasteiger partial charge in [0.25, 0.3) is 0 Å². The molecular formula is C17H23N5O3S. The minimum atomic E-state index is -3.39. The minimum Gasteiger partial charge on any atom is -0.351 e. The maximum atomic E-state index is 12.5. The van der Waals surface area contributed by atoms with E-state index in [1.807, 2.05) is 29.8 Å². The molecule has 1 saturated heterocycles. The van der Waals surface area contributed by atoms with Crippen LogP contribution in [0.5, 0.6) is 0 Å². The molecule has 1 fully saturated rings. The van der Waals surface area contributed by atoms with E-state index in [0.29, 0.717) is 19.5 Å². The molecule has 3 heterocycles. The average molecular weight is 377 g/mol. The Morgan fingerprint density at radius 3 is 2.73 bits per heavy atom. The Bertz CT molecular complexity index is 876. The summed E-state index contributed by atoms with van der Waals surface area (Å²) in [4.78, 5) is 21.0. The maximum absolute atomic E-state index is 12.5. The molecule has 0 bridgehead atoms. The summed E-state index contributed by atoms with van der Waals surface area (Å²) in [6.07, 6.45) is 8.59. The first-order valence-electron chi connectivity index (χ1n) is 8.56. The summed E-state index contributed by atoms with van der Waals surface area (Å²) < 4.78 is 26.9. The molecule has 0 radical (unpaired) electrons. The van der Waals surface area contributed by atoms with Crippen molar-refractivity contribution in [3.63, 3.8) is 0 Å². The summed E-state index contributed by atoms with van der Waals surface area (Å²) >= 11 is 0. The van der Waals surface area contributed by atoms with Gasteiger partial charge in [-0.2, -0.15) is 4.31 Å². The molecule has 1 aliphatic heterocycles. The molecule has 0 saturated carbocycles. The largest absolute Gasteiger partial charge is 0.351 e. The van der Waals surface area contributed by atoms with Crippen molar-refractivity contribution in [1.29, 1.82) is 0 Å². The standard InChI is InChI=1S/C17H23N5O3S/c1-13-18-8-10-21(13)16-7-6-14(11-19-16)12-20-17(23)15-5-3-4-9-22(15)26(2,24)25/h6-8,10-11,15H,3-5,9,12H2,1-2H3,(H,20,23). The minimum absolute atomic E-state index is 0.260. The topological polar surface area (TPSA) is 97.2 Å². The van der Waals surface area contributed by atoms with Crippen molar-refractivity contribution in [2.45, 2.75) is 38.8 Å². The number of hydrogen-bond donors (Lipinski definition) is 1. The molecule has 2 aromatic rings. The van der Waals surface area contributed by atoms with E-state index < -0.39 is 16.1 Å². The summed E-state index contributed by atoms with van der Waals surface area (Å²) in [5.41, 5.74) is 0.849. The van der Waals surface area contributed by atoms with E-state index in [1.165, 1.54) is 4.31 Å². The van der Waals surface area contributed by atoms with Gasteiger partial charge in [-0.05, 0) is 31.4 Å². The third kappa shape index (κ3) is 4.10. The van der Waals surface area contributed by atoms with E-state index in [-0.39, 0.29) is 5.91 Å². The van der Waals surface area contributed by atoms with Gasteiger partial charge in [-0.15, -0.1) is 0 Å². The highest BCUT2D eigenvalue weighted by Gasteiger charge is 2.34. The van der Waals surface area contributed by atoms with Crippen LogP contribution in [-0.2, 0) is 21.4 Å². The van der Waals surface area contributed by atoms with Gasteiger partial charge in [-0.25, -0.2) is 18.4 Å². The molecule has 0 spiro atoms. The fraction of sp³-hybridized carbons (Fsp3) is 0.471. The quantitative estimate of drug-likeness (QED) is 0.839. The van der Waals surface area contributed by atoms with Crippen LogP contribution in [0.3, 0.4) is 0 Å². The zero-order valence-electron chi connectivity index (χ0n) is 14.9. The van der Waals surface area contributed by atoms with Crippen LogP contribution in [0.1, 0.15) is 30.7 Å². The van der Waals surface area contributed by atoms with E-state index in [0.717, 1.165) is 36.3 Å². The molecular weight excluding hydrogens is 354 g/mol. The van der Waals surface area contributed by atoms with Gasteiger partial charge in [-0.1, -0.05) is 12.5 Å². The van der Waals surface area contributed by atoms with Crippen LogP contribution in [0.15, 0.2) is 30.7 Å². The normalized spacial score (nSPS) is 18.6. The fourth-order valence-corrected chi connectivity index (χ4v) is 4.28. The number of rotatable bonds is 5. The highest BCUT2D eigenvalue weighted by Crippen LogP contribution is 2.20. The number of aromatic nitrogens is 3. The molecule has 1 aliphatic rings. The van der Waals surface area contributed by atoms with E-state index >= 15 is 0 Å². The van der Waals surface area contributed by atoms with Crippen LogP contribution in [0.2, 0.25) is 0 Å². The number of hydrogen-bond acceptors (Lipinski definition) is 5. The van der Waals surface area contributed by atoms with Crippen molar-refractivity contribution in [2.75, 3.05) is 12.8 Å². The number of pyridine rings is 1. The molecule has 1 amide bonds. The van der Waals surface area contributed by atoms with Crippen molar-refractivity contribution < 1.29 is 13.2 Å². The number of sulfonamides is 1.